The summed E-state index contributed by atoms with van der Waals surface area (Å²) in [6.45, 7) is 4.11. The number of fused-ring (bicyclic) bond motifs is 2. The lowest BCUT2D eigenvalue weighted by Gasteiger charge is -2.31. The van der Waals surface area contributed by atoms with Crippen molar-refractivity contribution in [3.05, 3.63) is 39.5 Å². The van der Waals surface area contributed by atoms with Crippen LogP contribution in [0.5, 0.6) is 11.5 Å². The number of anilines is 1. The number of thioether (sulfide) groups is 1. The van der Waals surface area contributed by atoms with Gasteiger partial charge < -0.3 is 24.5 Å². The van der Waals surface area contributed by atoms with Gasteiger partial charge in [0.1, 0.15) is 4.83 Å². The average Bonchev–Trinajstić information content (AvgIpc) is 3.43. The van der Waals surface area contributed by atoms with Gasteiger partial charge in [-0.05, 0) is 25.1 Å². The minimum atomic E-state index is -0.674. The molecule has 3 amide bonds. The number of aromatic nitrogens is 2. The summed E-state index contributed by atoms with van der Waals surface area (Å²) in [5, 5.41) is 7.70. The number of nitrogens with one attached hydrogen (secondary N) is 2. The van der Waals surface area contributed by atoms with E-state index < -0.39 is 11.9 Å². The zero-order valence-corrected chi connectivity index (χ0v) is 19.8. The number of urea groups is 1. The fourth-order valence-electron chi connectivity index (χ4n) is 3.60. The van der Waals surface area contributed by atoms with Gasteiger partial charge in [0.05, 0.1) is 37.4 Å². The fraction of sp³-hybridized carbons (Fsp3) is 0.333. The first-order valence-corrected chi connectivity index (χ1v) is 12.3. The van der Waals surface area contributed by atoms with E-state index in [1.807, 2.05) is 18.0 Å². The molecule has 3 aromatic rings. The summed E-state index contributed by atoms with van der Waals surface area (Å²) in [4.78, 5) is 44.2. The Morgan fingerprint density at radius 3 is 2.79 bits per heavy atom. The highest BCUT2D eigenvalue weighted by Gasteiger charge is 2.22. The second-order valence-corrected chi connectivity index (χ2v) is 9.69. The van der Waals surface area contributed by atoms with Crippen LogP contribution in [-0.2, 0) is 9.53 Å². The van der Waals surface area contributed by atoms with Gasteiger partial charge in [0.25, 0.3) is 5.56 Å². The number of carbonyl (C=O) groups is 2. The number of nitrogens with zero attached hydrogens (tertiary/aromatic N) is 3. The van der Waals surface area contributed by atoms with E-state index in [-0.39, 0.29) is 18.1 Å². The maximum absolute atomic E-state index is 13.2. The molecular weight excluding hydrogens is 482 g/mol. The molecule has 11 nitrogen and oxygen atoms in total. The van der Waals surface area contributed by atoms with Gasteiger partial charge in [-0.2, -0.15) is 4.68 Å². The molecule has 0 atom stereocenters. The summed E-state index contributed by atoms with van der Waals surface area (Å²) < 4.78 is 17.4. The molecule has 0 unspecified atom stereocenters. The van der Waals surface area contributed by atoms with Crippen molar-refractivity contribution in [3.63, 3.8) is 0 Å². The number of hydrogen-bond donors (Lipinski definition) is 2. The first-order valence-electron chi connectivity index (χ1n) is 10.5. The predicted octanol–water partition coefficient (Wildman–Crippen LogP) is 1.90. The van der Waals surface area contributed by atoms with Gasteiger partial charge in [0.2, 0.25) is 12.7 Å². The highest BCUT2D eigenvalue weighted by Crippen LogP contribution is 2.34. The molecule has 1 fully saturated rings. The zero-order chi connectivity index (χ0) is 23.7. The third kappa shape index (κ3) is 4.67. The van der Waals surface area contributed by atoms with Crippen LogP contribution in [0.25, 0.3) is 10.2 Å². The van der Waals surface area contributed by atoms with Crippen molar-refractivity contribution < 1.29 is 23.8 Å². The Balaban J connectivity index is 1.27. The van der Waals surface area contributed by atoms with Crippen molar-refractivity contribution in [3.8, 4) is 11.5 Å². The summed E-state index contributed by atoms with van der Waals surface area (Å²) >= 11 is 2.52. The summed E-state index contributed by atoms with van der Waals surface area (Å²) in [5.41, 5.74) is 0.281. The molecule has 2 aliphatic rings. The van der Waals surface area contributed by atoms with E-state index in [9.17, 15) is 14.4 Å². The van der Waals surface area contributed by atoms with Crippen molar-refractivity contribution in [2.75, 3.05) is 49.2 Å². The van der Waals surface area contributed by atoms with Crippen molar-refractivity contribution in [1.29, 1.82) is 0 Å². The van der Waals surface area contributed by atoms with E-state index in [1.165, 1.54) is 16.0 Å². The predicted molar refractivity (Wildman–Crippen MR) is 128 cm³/mol. The number of thiophene rings is 1. The monoisotopic (exact) mass is 503 g/mol. The van der Waals surface area contributed by atoms with Gasteiger partial charge >= 0.3 is 6.03 Å². The molecule has 13 heteroatoms. The number of benzene rings is 1. The fourth-order valence-corrected chi connectivity index (χ4v) is 5.34. The Labute approximate surface area is 202 Å². The smallest absolute Gasteiger partial charge is 0.325 e. The van der Waals surface area contributed by atoms with Gasteiger partial charge in [-0.1, -0.05) is 11.8 Å². The molecule has 2 aromatic heterocycles. The van der Waals surface area contributed by atoms with E-state index in [2.05, 4.69) is 15.6 Å². The van der Waals surface area contributed by atoms with Crippen LogP contribution >= 0.6 is 23.1 Å². The van der Waals surface area contributed by atoms with Crippen molar-refractivity contribution in [2.24, 2.45) is 0 Å². The Morgan fingerprint density at radius 1 is 1.18 bits per heavy atom. The Morgan fingerprint density at radius 2 is 1.97 bits per heavy atom. The second kappa shape index (κ2) is 9.52. The van der Waals surface area contributed by atoms with Crippen molar-refractivity contribution in [2.45, 2.75) is 12.1 Å². The normalized spacial score (nSPS) is 14.9. The first-order chi connectivity index (χ1) is 16.5. The summed E-state index contributed by atoms with van der Waals surface area (Å²) in [7, 11) is 0. The lowest BCUT2D eigenvalue weighted by molar-refractivity contribution is -0.117. The molecule has 2 aliphatic heterocycles. The Bertz CT molecular complexity index is 1320. The largest absolute Gasteiger partial charge is 0.454 e. The molecule has 0 aliphatic carbocycles. The molecule has 1 saturated heterocycles. The number of hydrogen-bond acceptors (Lipinski definition) is 10. The minimum Gasteiger partial charge on any atom is -0.454 e. The quantitative estimate of drug-likeness (QED) is 0.397. The molecule has 34 heavy (non-hydrogen) atoms. The number of imide groups is 1. The molecule has 5 rings (SSSR count). The van der Waals surface area contributed by atoms with Crippen LogP contribution in [0.4, 0.5) is 10.5 Å². The van der Waals surface area contributed by atoms with Crippen molar-refractivity contribution in [1.82, 2.24) is 15.0 Å². The number of amides is 3. The molecule has 2 N–H and O–H groups in total. The van der Waals surface area contributed by atoms with Gasteiger partial charge in [-0.15, -0.1) is 11.3 Å². The van der Waals surface area contributed by atoms with Crippen LogP contribution in [0.1, 0.15) is 4.88 Å². The van der Waals surface area contributed by atoms with E-state index in [0.29, 0.717) is 58.9 Å². The summed E-state index contributed by atoms with van der Waals surface area (Å²) in [6, 6.07) is 6.09. The van der Waals surface area contributed by atoms with E-state index in [0.717, 1.165) is 16.6 Å². The SMILES string of the molecule is Cc1cc2c(=O)n(N3CCOCC3)c(SCC(=O)NC(=O)Nc3ccc4c(c3)OCO4)nc2s1. The van der Waals surface area contributed by atoms with Gasteiger partial charge in [0.15, 0.2) is 16.7 Å². The van der Waals surface area contributed by atoms with Crippen LogP contribution < -0.4 is 30.7 Å². The zero-order valence-electron chi connectivity index (χ0n) is 18.2. The number of ether oxygens (including phenoxy) is 3. The second-order valence-electron chi connectivity index (χ2n) is 7.51. The van der Waals surface area contributed by atoms with E-state index >= 15 is 0 Å². The molecular formula is C21H21N5O6S2. The third-order valence-corrected chi connectivity index (χ3v) is 7.00. The maximum atomic E-state index is 13.2. The Hall–Kier alpha value is -3.29. The topological polar surface area (TPSA) is 124 Å². The number of carbonyl (C=O) groups excluding carboxylic acids is 2. The standard InChI is InChI=1S/C21H21N5O6S2/c1-12-8-14-18(34-12)24-21(26(19(14)28)25-4-6-30-7-5-25)33-10-17(27)23-20(29)22-13-2-3-15-16(9-13)32-11-31-15/h2-3,8-9H,4-7,10-11H2,1H3,(H2,22,23,27,29). The highest BCUT2D eigenvalue weighted by atomic mass is 32.2. The molecule has 0 bridgehead atoms. The van der Waals surface area contributed by atoms with Crippen molar-refractivity contribution >= 4 is 50.9 Å². The lowest BCUT2D eigenvalue weighted by Crippen LogP contribution is -2.49. The minimum absolute atomic E-state index is 0.0960. The molecule has 0 radical (unpaired) electrons. The first kappa shape index (κ1) is 22.5. The van der Waals surface area contributed by atoms with Crippen LogP contribution in [0, 0.1) is 6.92 Å². The van der Waals surface area contributed by atoms with E-state index in [4.69, 9.17) is 14.2 Å². The maximum Gasteiger partial charge on any atom is 0.325 e. The molecule has 0 spiro atoms. The summed E-state index contributed by atoms with van der Waals surface area (Å²) in [6.07, 6.45) is 0. The summed E-state index contributed by atoms with van der Waals surface area (Å²) in [5.74, 6) is 0.496. The van der Waals surface area contributed by atoms with Crippen LogP contribution in [0.3, 0.4) is 0 Å². The van der Waals surface area contributed by atoms with Crippen LogP contribution in [0.15, 0.2) is 34.2 Å². The molecule has 4 heterocycles. The molecule has 1 aromatic carbocycles. The van der Waals surface area contributed by atoms with Crippen LogP contribution in [0.2, 0.25) is 0 Å². The van der Waals surface area contributed by atoms with Gasteiger partial charge in [-0.3, -0.25) is 14.9 Å². The number of aryl methyl sites for hydroxylation is 1. The van der Waals surface area contributed by atoms with Gasteiger partial charge in [0, 0.05) is 16.6 Å². The average molecular weight is 504 g/mol. The van der Waals surface area contributed by atoms with Crippen LogP contribution in [-0.4, -0.2) is 60.4 Å². The van der Waals surface area contributed by atoms with E-state index in [1.54, 1.807) is 18.2 Å². The lowest BCUT2D eigenvalue weighted by atomic mass is 10.3. The molecule has 178 valence electrons. The number of morpholine rings is 1. The highest BCUT2D eigenvalue weighted by molar-refractivity contribution is 7.99. The Kier molecular flexibility index (Phi) is 6.30. The molecule has 0 saturated carbocycles. The van der Waals surface area contributed by atoms with Gasteiger partial charge in [-0.25, -0.2) is 9.78 Å². The number of rotatable bonds is 5. The third-order valence-electron chi connectivity index (χ3n) is 5.12.